The first-order chi connectivity index (χ1) is 15.7. The molecule has 6 nitrogen and oxygen atoms in total. The van der Waals surface area contributed by atoms with E-state index in [-0.39, 0.29) is 12.1 Å². The number of rotatable bonds is 6. The third-order valence-corrected chi connectivity index (χ3v) is 5.67. The molecule has 4 rings (SSSR count). The van der Waals surface area contributed by atoms with E-state index in [1.807, 2.05) is 43.3 Å². The predicted molar refractivity (Wildman–Crippen MR) is 127 cm³/mol. The van der Waals surface area contributed by atoms with E-state index in [9.17, 15) is 4.79 Å². The van der Waals surface area contributed by atoms with Crippen LogP contribution in [-0.2, 0) is 6.54 Å². The van der Waals surface area contributed by atoms with Crippen molar-refractivity contribution < 1.29 is 4.79 Å². The number of hydrogen-bond acceptors (Lipinski definition) is 3. The molecule has 1 saturated heterocycles. The largest absolute Gasteiger partial charge is 0.338 e. The second-order valence-corrected chi connectivity index (χ2v) is 7.99. The van der Waals surface area contributed by atoms with E-state index in [1.54, 1.807) is 6.20 Å². The molecule has 0 bridgehead atoms. The van der Waals surface area contributed by atoms with Crippen molar-refractivity contribution in [1.29, 1.82) is 0 Å². The van der Waals surface area contributed by atoms with E-state index < -0.39 is 0 Å². The number of likely N-dealkylation sites (tertiary alicyclic amines) is 1. The van der Waals surface area contributed by atoms with Crippen LogP contribution < -0.4 is 10.6 Å². The van der Waals surface area contributed by atoms with Gasteiger partial charge in [-0.15, -0.1) is 0 Å². The van der Waals surface area contributed by atoms with Gasteiger partial charge in [0, 0.05) is 44.0 Å². The van der Waals surface area contributed by atoms with E-state index in [4.69, 9.17) is 6.57 Å². The maximum absolute atomic E-state index is 11.7. The van der Waals surface area contributed by atoms with E-state index in [1.165, 1.54) is 5.56 Å². The molecule has 0 spiro atoms. The molecule has 0 aliphatic carbocycles. The first-order valence-corrected chi connectivity index (χ1v) is 10.9. The molecule has 6 heteroatoms. The molecule has 0 radical (unpaired) electrons. The summed E-state index contributed by atoms with van der Waals surface area (Å²) < 4.78 is 0. The molecule has 2 heterocycles. The van der Waals surface area contributed by atoms with E-state index in [0.29, 0.717) is 12.2 Å². The SMILES string of the molecule is [C-]#[N+]c1cnc(-c2ccc(CN3CC[C@@H](NC(=O)NCC)C3)cc2)c(-c2ccccc2)c1. The predicted octanol–water partition coefficient (Wildman–Crippen LogP) is 4.86. The number of carbonyl (C=O) groups is 1. The van der Waals surface area contributed by atoms with Gasteiger partial charge in [0.25, 0.3) is 0 Å². The number of nitrogens with one attached hydrogen (secondary N) is 2. The van der Waals surface area contributed by atoms with Crippen molar-refractivity contribution in [2.45, 2.75) is 25.9 Å². The van der Waals surface area contributed by atoms with Crippen LogP contribution in [0.15, 0.2) is 66.9 Å². The van der Waals surface area contributed by atoms with Crippen LogP contribution in [0.1, 0.15) is 18.9 Å². The summed E-state index contributed by atoms with van der Waals surface area (Å²) in [7, 11) is 0. The fourth-order valence-corrected chi connectivity index (χ4v) is 4.10. The lowest BCUT2D eigenvalue weighted by Crippen LogP contribution is -2.43. The van der Waals surface area contributed by atoms with Gasteiger partial charge in [-0.2, -0.15) is 0 Å². The van der Waals surface area contributed by atoms with Gasteiger partial charge in [0.05, 0.1) is 12.3 Å². The quantitative estimate of drug-likeness (QED) is 0.555. The molecule has 32 heavy (non-hydrogen) atoms. The van der Waals surface area contributed by atoms with Crippen molar-refractivity contribution in [3.63, 3.8) is 0 Å². The topological polar surface area (TPSA) is 61.6 Å². The number of carbonyl (C=O) groups excluding carboxylic acids is 1. The van der Waals surface area contributed by atoms with Crippen LogP contribution in [0.25, 0.3) is 27.2 Å². The highest BCUT2D eigenvalue weighted by molar-refractivity contribution is 5.83. The first kappa shape index (κ1) is 21.5. The molecule has 2 aromatic carbocycles. The Morgan fingerprint density at radius 3 is 2.66 bits per heavy atom. The normalized spacial score (nSPS) is 15.8. The first-order valence-electron chi connectivity index (χ1n) is 10.9. The second kappa shape index (κ2) is 10.1. The smallest absolute Gasteiger partial charge is 0.315 e. The minimum atomic E-state index is -0.0883. The Kier molecular flexibility index (Phi) is 6.78. The van der Waals surface area contributed by atoms with Crippen molar-refractivity contribution in [1.82, 2.24) is 20.5 Å². The molecule has 3 aromatic rings. The minimum absolute atomic E-state index is 0.0883. The van der Waals surface area contributed by atoms with Crippen molar-refractivity contribution >= 4 is 11.7 Å². The molecule has 2 amide bonds. The summed E-state index contributed by atoms with van der Waals surface area (Å²) in [6.45, 7) is 12.6. The number of nitrogens with zero attached hydrogens (tertiary/aromatic N) is 3. The summed E-state index contributed by atoms with van der Waals surface area (Å²) in [5, 5.41) is 5.83. The number of aromatic nitrogens is 1. The van der Waals surface area contributed by atoms with Crippen LogP contribution in [0.5, 0.6) is 0 Å². The monoisotopic (exact) mass is 425 g/mol. The Morgan fingerprint density at radius 1 is 1.16 bits per heavy atom. The number of hydrogen-bond donors (Lipinski definition) is 2. The lowest BCUT2D eigenvalue weighted by Gasteiger charge is -2.17. The number of benzene rings is 2. The van der Waals surface area contributed by atoms with Gasteiger partial charge in [0.15, 0.2) is 0 Å². The summed E-state index contributed by atoms with van der Waals surface area (Å²) >= 11 is 0. The summed E-state index contributed by atoms with van der Waals surface area (Å²) in [4.78, 5) is 22.3. The van der Waals surface area contributed by atoms with Gasteiger partial charge < -0.3 is 10.6 Å². The lowest BCUT2D eigenvalue weighted by molar-refractivity contribution is 0.236. The maximum Gasteiger partial charge on any atom is 0.315 e. The molecule has 0 unspecified atom stereocenters. The Balaban J connectivity index is 1.47. The second-order valence-electron chi connectivity index (χ2n) is 7.99. The molecule has 1 fully saturated rings. The molecule has 2 N–H and O–H groups in total. The molecular formula is C26H27N5O. The summed E-state index contributed by atoms with van der Waals surface area (Å²) in [5.41, 5.74) is 5.68. The van der Waals surface area contributed by atoms with Crippen molar-refractivity contribution in [3.8, 4) is 22.4 Å². The van der Waals surface area contributed by atoms with E-state index >= 15 is 0 Å². The third-order valence-electron chi connectivity index (χ3n) is 5.67. The van der Waals surface area contributed by atoms with Crippen LogP contribution in [0, 0.1) is 6.57 Å². The van der Waals surface area contributed by atoms with Gasteiger partial charge in [0.1, 0.15) is 0 Å². The van der Waals surface area contributed by atoms with Gasteiger partial charge in [0.2, 0.25) is 5.69 Å². The highest BCUT2D eigenvalue weighted by Crippen LogP contribution is 2.33. The highest BCUT2D eigenvalue weighted by Gasteiger charge is 2.23. The minimum Gasteiger partial charge on any atom is -0.338 e. The number of pyridine rings is 1. The summed E-state index contributed by atoms with van der Waals surface area (Å²) in [6, 6.07) is 20.6. The van der Waals surface area contributed by atoms with Crippen molar-refractivity contribution in [2.75, 3.05) is 19.6 Å². The van der Waals surface area contributed by atoms with Crippen LogP contribution in [0.2, 0.25) is 0 Å². The average Bonchev–Trinajstić information content (AvgIpc) is 3.26. The zero-order chi connectivity index (χ0) is 22.3. The van der Waals surface area contributed by atoms with E-state index in [0.717, 1.165) is 48.4 Å². The van der Waals surface area contributed by atoms with Crippen LogP contribution >= 0.6 is 0 Å². The Morgan fingerprint density at radius 2 is 1.94 bits per heavy atom. The Labute approximate surface area is 189 Å². The van der Waals surface area contributed by atoms with Crippen LogP contribution in [-0.4, -0.2) is 41.6 Å². The van der Waals surface area contributed by atoms with E-state index in [2.05, 4.69) is 49.6 Å². The fourth-order valence-electron chi connectivity index (χ4n) is 4.10. The Hall–Kier alpha value is -3.69. The third kappa shape index (κ3) is 5.13. The molecule has 162 valence electrons. The highest BCUT2D eigenvalue weighted by atomic mass is 16.2. The van der Waals surface area contributed by atoms with Gasteiger partial charge in [-0.25, -0.2) is 9.64 Å². The zero-order valence-corrected chi connectivity index (χ0v) is 18.2. The lowest BCUT2D eigenvalue weighted by atomic mass is 9.98. The number of amides is 2. The maximum atomic E-state index is 11.7. The van der Waals surface area contributed by atoms with Gasteiger partial charge in [-0.05, 0) is 36.1 Å². The summed E-state index contributed by atoms with van der Waals surface area (Å²) in [6.07, 6.45) is 2.60. The van der Waals surface area contributed by atoms with Crippen LogP contribution in [0.3, 0.4) is 0 Å². The standard InChI is InChI=1S/C26H27N5O/c1-3-28-26(32)30-22-13-14-31(18-22)17-19-9-11-21(12-10-19)25-24(15-23(27-2)16-29-25)20-7-5-4-6-8-20/h4-12,15-16,22H,3,13-14,17-18H2,1H3,(H2,28,30,32)/t22-/m1/s1. The average molecular weight is 426 g/mol. The molecule has 1 aliphatic heterocycles. The number of urea groups is 1. The molecule has 1 aromatic heterocycles. The fraction of sp³-hybridized carbons (Fsp3) is 0.269. The molecule has 1 atom stereocenters. The molecule has 0 saturated carbocycles. The molecule has 1 aliphatic rings. The summed E-state index contributed by atoms with van der Waals surface area (Å²) in [5.74, 6) is 0. The van der Waals surface area contributed by atoms with Crippen LogP contribution in [0.4, 0.5) is 10.5 Å². The molecular weight excluding hydrogens is 398 g/mol. The van der Waals surface area contributed by atoms with Gasteiger partial charge >= 0.3 is 6.03 Å². The van der Waals surface area contributed by atoms with Crippen molar-refractivity contribution in [3.05, 3.63) is 83.8 Å². The van der Waals surface area contributed by atoms with Gasteiger partial charge in [-0.3, -0.25) is 9.88 Å². The van der Waals surface area contributed by atoms with Crippen molar-refractivity contribution in [2.24, 2.45) is 0 Å². The zero-order valence-electron chi connectivity index (χ0n) is 18.2. The van der Waals surface area contributed by atoms with Gasteiger partial charge in [-0.1, -0.05) is 54.6 Å². The Bertz CT molecular complexity index is 1110.